The highest BCUT2D eigenvalue weighted by Crippen LogP contribution is 2.24. The van der Waals surface area contributed by atoms with E-state index in [0.29, 0.717) is 19.5 Å². The molecule has 6 nitrogen and oxygen atoms in total. The SMILES string of the molecule is CC(C)CC(NC(=O)N1CCc2sccc2C1)C(=O)NCC#N. The maximum Gasteiger partial charge on any atom is 0.318 e. The Balaban J connectivity index is 1.97. The first kappa shape index (κ1) is 17.3. The number of fused-ring (bicyclic) bond motifs is 1. The van der Waals surface area contributed by atoms with Crippen molar-refractivity contribution in [2.45, 2.75) is 39.3 Å². The number of amides is 3. The summed E-state index contributed by atoms with van der Waals surface area (Å²) in [7, 11) is 0. The van der Waals surface area contributed by atoms with Crippen LogP contribution in [0.1, 0.15) is 30.7 Å². The molecule has 0 fully saturated rings. The van der Waals surface area contributed by atoms with Crippen molar-refractivity contribution < 1.29 is 9.59 Å². The Labute approximate surface area is 140 Å². The average molecular weight is 334 g/mol. The van der Waals surface area contributed by atoms with E-state index in [2.05, 4.69) is 10.6 Å². The molecule has 124 valence electrons. The maximum atomic E-state index is 12.5. The third kappa shape index (κ3) is 4.70. The molecule has 0 saturated carbocycles. The predicted molar refractivity (Wildman–Crippen MR) is 88.8 cm³/mol. The van der Waals surface area contributed by atoms with E-state index in [-0.39, 0.29) is 24.4 Å². The highest BCUT2D eigenvalue weighted by Gasteiger charge is 2.26. The zero-order valence-corrected chi connectivity index (χ0v) is 14.3. The van der Waals surface area contributed by atoms with Gasteiger partial charge in [-0.2, -0.15) is 5.26 Å². The van der Waals surface area contributed by atoms with Crippen molar-refractivity contribution in [3.05, 3.63) is 21.9 Å². The van der Waals surface area contributed by atoms with Crippen molar-refractivity contribution >= 4 is 23.3 Å². The Morgan fingerprint density at radius 3 is 2.96 bits per heavy atom. The molecule has 0 saturated heterocycles. The minimum absolute atomic E-state index is 0.0503. The van der Waals surface area contributed by atoms with E-state index in [1.54, 1.807) is 16.2 Å². The van der Waals surface area contributed by atoms with Gasteiger partial charge in [0.1, 0.15) is 12.6 Å². The molecule has 0 aliphatic carbocycles. The van der Waals surface area contributed by atoms with Crippen LogP contribution >= 0.6 is 11.3 Å². The third-order valence-electron chi connectivity index (χ3n) is 3.76. The molecule has 0 aromatic carbocycles. The van der Waals surface area contributed by atoms with Gasteiger partial charge in [0.25, 0.3) is 0 Å². The summed E-state index contributed by atoms with van der Waals surface area (Å²) in [5, 5.41) is 16.0. The summed E-state index contributed by atoms with van der Waals surface area (Å²) in [6.45, 7) is 5.18. The van der Waals surface area contributed by atoms with Crippen molar-refractivity contribution in [1.82, 2.24) is 15.5 Å². The van der Waals surface area contributed by atoms with Gasteiger partial charge in [-0.05, 0) is 35.8 Å². The monoisotopic (exact) mass is 334 g/mol. The minimum atomic E-state index is -0.611. The molecule has 3 amide bonds. The molecule has 2 N–H and O–H groups in total. The molecule has 1 aliphatic heterocycles. The van der Waals surface area contributed by atoms with E-state index >= 15 is 0 Å². The van der Waals surface area contributed by atoms with Gasteiger partial charge >= 0.3 is 6.03 Å². The lowest BCUT2D eigenvalue weighted by Crippen LogP contribution is -2.52. The van der Waals surface area contributed by atoms with Crippen LogP contribution in [0.2, 0.25) is 0 Å². The van der Waals surface area contributed by atoms with E-state index in [1.165, 1.54) is 10.4 Å². The van der Waals surface area contributed by atoms with Gasteiger partial charge in [-0.25, -0.2) is 4.79 Å². The summed E-state index contributed by atoms with van der Waals surface area (Å²) in [6, 6.07) is 3.09. The van der Waals surface area contributed by atoms with Crippen LogP contribution in [0.5, 0.6) is 0 Å². The van der Waals surface area contributed by atoms with Crippen LogP contribution in [0, 0.1) is 17.2 Å². The first-order chi connectivity index (χ1) is 11.0. The van der Waals surface area contributed by atoms with Crippen molar-refractivity contribution in [2.24, 2.45) is 5.92 Å². The quantitative estimate of drug-likeness (QED) is 0.806. The van der Waals surface area contributed by atoms with E-state index in [0.717, 1.165) is 6.42 Å². The van der Waals surface area contributed by atoms with Crippen LogP contribution in [0.25, 0.3) is 0 Å². The fourth-order valence-corrected chi connectivity index (χ4v) is 3.50. The zero-order valence-electron chi connectivity index (χ0n) is 13.5. The lowest BCUT2D eigenvalue weighted by molar-refractivity contribution is -0.123. The second-order valence-electron chi connectivity index (χ2n) is 6.05. The average Bonchev–Trinajstić information content (AvgIpc) is 2.98. The van der Waals surface area contributed by atoms with Crippen LogP contribution in [0.3, 0.4) is 0 Å². The summed E-state index contributed by atoms with van der Waals surface area (Å²) < 4.78 is 0. The molecule has 0 spiro atoms. The third-order valence-corrected chi connectivity index (χ3v) is 4.78. The fraction of sp³-hybridized carbons (Fsp3) is 0.562. The van der Waals surface area contributed by atoms with E-state index in [9.17, 15) is 9.59 Å². The van der Waals surface area contributed by atoms with E-state index < -0.39 is 6.04 Å². The molecule has 23 heavy (non-hydrogen) atoms. The molecular formula is C16H22N4O2S. The molecule has 7 heteroatoms. The van der Waals surface area contributed by atoms with Gasteiger partial charge in [-0.15, -0.1) is 11.3 Å². The molecule has 0 bridgehead atoms. The van der Waals surface area contributed by atoms with Gasteiger partial charge in [0.2, 0.25) is 5.91 Å². The largest absolute Gasteiger partial charge is 0.341 e. The Kier molecular flexibility index (Phi) is 5.99. The topological polar surface area (TPSA) is 85.2 Å². The second-order valence-corrected chi connectivity index (χ2v) is 7.05. The molecule has 1 aliphatic rings. The first-order valence-electron chi connectivity index (χ1n) is 7.76. The van der Waals surface area contributed by atoms with Crippen molar-refractivity contribution in [3.8, 4) is 6.07 Å². The summed E-state index contributed by atoms with van der Waals surface area (Å²) >= 11 is 1.72. The van der Waals surface area contributed by atoms with Gasteiger partial charge in [0.05, 0.1) is 6.07 Å². The molecule has 1 aromatic rings. The molecule has 0 radical (unpaired) electrons. The molecule has 2 rings (SSSR count). The van der Waals surface area contributed by atoms with Crippen LogP contribution < -0.4 is 10.6 Å². The number of nitrogens with zero attached hydrogens (tertiary/aromatic N) is 2. The van der Waals surface area contributed by atoms with Gasteiger partial charge in [-0.3, -0.25) is 4.79 Å². The number of nitriles is 1. The molecule has 1 aromatic heterocycles. The number of urea groups is 1. The van der Waals surface area contributed by atoms with E-state index in [1.807, 2.05) is 31.4 Å². The number of carbonyl (C=O) groups excluding carboxylic acids is 2. The van der Waals surface area contributed by atoms with Crippen LogP contribution in [-0.2, 0) is 17.8 Å². The lowest BCUT2D eigenvalue weighted by atomic mass is 10.0. The predicted octanol–water partition coefficient (Wildman–Crippen LogP) is 1.87. The Morgan fingerprint density at radius 2 is 2.26 bits per heavy atom. The van der Waals surface area contributed by atoms with E-state index in [4.69, 9.17) is 5.26 Å². The standard InChI is InChI=1S/C16H22N4O2S/c1-11(2)9-13(15(21)18-6-5-17)19-16(22)20-7-3-14-12(10-20)4-8-23-14/h4,8,11,13H,3,6-7,9-10H2,1-2H3,(H,18,21)(H,19,22). The number of hydrogen-bond acceptors (Lipinski definition) is 4. The summed E-state index contributed by atoms with van der Waals surface area (Å²) in [6.07, 6.45) is 1.40. The van der Waals surface area contributed by atoms with Crippen molar-refractivity contribution in [2.75, 3.05) is 13.1 Å². The van der Waals surface area contributed by atoms with Crippen LogP contribution in [0.15, 0.2) is 11.4 Å². The Hall–Kier alpha value is -2.07. The van der Waals surface area contributed by atoms with Gasteiger partial charge < -0.3 is 15.5 Å². The highest BCUT2D eigenvalue weighted by molar-refractivity contribution is 7.10. The summed E-state index contributed by atoms with van der Waals surface area (Å²) in [5.74, 6) is -0.0419. The first-order valence-corrected chi connectivity index (χ1v) is 8.64. The van der Waals surface area contributed by atoms with Gasteiger partial charge in [0.15, 0.2) is 0 Å². The zero-order chi connectivity index (χ0) is 16.8. The van der Waals surface area contributed by atoms with Gasteiger partial charge in [0, 0.05) is 18.0 Å². The number of hydrogen-bond donors (Lipinski definition) is 2. The smallest absolute Gasteiger partial charge is 0.318 e. The minimum Gasteiger partial charge on any atom is -0.341 e. The number of nitrogens with one attached hydrogen (secondary N) is 2. The number of carbonyl (C=O) groups is 2. The lowest BCUT2D eigenvalue weighted by Gasteiger charge is -2.29. The highest BCUT2D eigenvalue weighted by atomic mass is 32.1. The summed E-state index contributed by atoms with van der Waals surface area (Å²) in [4.78, 5) is 27.7. The fourth-order valence-electron chi connectivity index (χ4n) is 2.61. The maximum absolute atomic E-state index is 12.5. The number of thiophene rings is 1. The summed E-state index contributed by atoms with van der Waals surface area (Å²) in [5.41, 5.74) is 1.19. The molecular weight excluding hydrogens is 312 g/mol. The Morgan fingerprint density at radius 1 is 1.48 bits per heavy atom. The molecule has 1 atom stereocenters. The molecule has 1 unspecified atom stereocenters. The van der Waals surface area contributed by atoms with Crippen LogP contribution in [-0.4, -0.2) is 36.0 Å². The Bertz CT molecular complexity index is 605. The normalized spacial score (nSPS) is 14.8. The number of rotatable bonds is 5. The van der Waals surface area contributed by atoms with Gasteiger partial charge in [-0.1, -0.05) is 13.8 Å². The second kappa shape index (κ2) is 7.97. The molecule has 2 heterocycles. The van der Waals surface area contributed by atoms with Crippen LogP contribution in [0.4, 0.5) is 4.79 Å². The van der Waals surface area contributed by atoms with Crippen molar-refractivity contribution in [3.63, 3.8) is 0 Å². The van der Waals surface area contributed by atoms with Crippen molar-refractivity contribution in [1.29, 1.82) is 5.26 Å².